The third-order valence-electron chi connectivity index (χ3n) is 4.62. The fraction of sp³-hybridized carbons (Fsp3) is 0.611. The van der Waals surface area contributed by atoms with Gasteiger partial charge in [0.05, 0.1) is 5.41 Å². The molecule has 0 bridgehead atoms. The molecule has 116 valence electrons. The second-order valence-corrected chi connectivity index (χ2v) is 6.70. The molecular weight excluding hydrogens is 260 g/mol. The fourth-order valence-electron chi connectivity index (χ4n) is 3.18. The average molecular weight is 288 g/mol. The van der Waals surface area contributed by atoms with Crippen LogP contribution in [0.3, 0.4) is 0 Å². The van der Waals surface area contributed by atoms with Crippen molar-refractivity contribution in [1.82, 2.24) is 10.6 Å². The van der Waals surface area contributed by atoms with Crippen molar-refractivity contribution in [3.8, 4) is 0 Å². The Labute approximate surface area is 128 Å². The van der Waals surface area contributed by atoms with Crippen LogP contribution in [-0.2, 0) is 10.2 Å². The first-order valence-corrected chi connectivity index (χ1v) is 8.07. The molecule has 3 nitrogen and oxygen atoms in total. The molecule has 1 aromatic rings. The van der Waals surface area contributed by atoms with Crippen molar-refractivity contribution in [2.45, 2.75) is 45.4 Å². The van der Waals surface area contributed by atoms with E-state index in [1.165, 1.54) is 18.4 Å². The summed E-state index contributed by atoms with van der Waals surface area (Å²) < 4.78 is 0. The fourth-order valence-corrected chi connectivity index (χ4v) is 3.18. The highest BCUT2D eigenvalue weighted by atomic mass is 16.2. The molecule has 1 fully saturated rings. The Hall–Kier alpha value is -1.35. The smallest absolute Gasteiger partial charge is 0.230 e. The molecule has 0 aliphatic carbocycles. The van der Waals surface area contributed by atoms with Gasteiger partial charge in [0.2, 0.25) is 5.91 Å². The zero-order valence-electron chi connectivity index (χ0n) is 13.5. The third kappa shape index (κ3) is 4.07. The molecule has 1 unspecified atom stereocenters. The van der Waals surface area contributed by atoms with Gasteiger partial charge in [-0.2, -0.15) is 0 Å². The lowest BCUT2D eigenvalue weighted by Crippen LogP contribution is -2.42. The minimum absolute atomic E-state index is 0.126. The van der Waals surface area contributed by atoms with Crippen LogP contribution in [0.15, 0.2) is 24.3 Å². The third-order valence-corrected chi connectivity index (χ3v) is 4.62. The first-order chi connectivity index (χ1) is 10.0. The summed E-state index contributed by atoms with van der Waals surface area (Å²) in [6.45, 7) is 9.10. The van der Waals surface area contributed by atoms with Crippen molar-refractivity contribution in [3.63, 3.8) is 0 Å². The van der Waals surface area contributed by atoms with Crippen molar-refractivity contribution in [2.24, 2.45) is 5.92 Å². The van der Waals surface area contributed by atoms with E-state index >= 15 is 0 Å². The van der Waals surface area contributed by atoms with Crippen molar-refractivity contribution < 1.29 is 4.79 Å². The van der Waals surface area contributed by atoms with E-state index in [0.29, 0.717) is 5.92 Å². The van der Waals surface area contributed by atoms with Crippen LogP contribution in [0.4, 0.5) is 0 Å². The van der Waals surface area contributed by atoms with Crippen molar-refractivity contribution in [2.75, 3.05) is 19.6 Å². The summed E-state index contributed by atoms with van der Waals surface area (Å²) in [5, 5.41) is 6.55. The maximum atomic E-state index is 12.5. The zero-order chi connectivity index (χ0) is 15.3. The van der Waals surface area contributed by atoms with Crippen molar-refractivity contribution in [1.29, 1.82) is 0 Å². The molecule has 0 radical (unpaired) electrons. The second kappa shape index (κ2) is 7.08. The highest BCUT2D eigenvalue weighted by Gasteiger charge is 2.30. The van der Waals surface area contributed by atoms with Gasteiger partial charge >= 0.3 is 0 Å². The lowest BCUT2D eigenvalue weighted by atomic mass is 9.81. The first kappa shape index (κ1) is 16.0. The monoisotopic (exact) mass is 288 g/mol. The van der Waals surface area contributed by atoms with Crippen LogP contribution in [-0.4, -0.2) is 25.5 Å². The number of benzene rings is 1. The predicted octanol–water partition coefficient (Wildman–Crippen LogP) is 2.78. The van der Waals surface area contributed by atoms with E-state index in [1.54, 1.807) is 0 Å². The Morgan fingerprint density at radius 3 is 2.81 bits per heavy atom. The number of rotatable bonds is 5. The summed E-state index contributed by atoms with van der Waals surface area (Å²) in [6, 6.07) is 8.14. The van der Waals surface area contributed by atoms with Crippen molar-refractivity contribution >= 4 is 5.91 Å². The first-order valence-electron chi connectivity index (χ1n) is 8.07. The van der Waals surface area contributed by atoms with Crippen LogP contribution >= 0.6 is 0 Å². The Bertz CT molecular complexity index is 476. The standard InChI is InChI=1S/C18H28N2O/c1-14-7-4-5-9-16(14)18(2,3)17(21)20-12-10-15-8-6-11-19-13-15/h4-5,7,9,15,19H,6,8,10-13H2,1-3H3,(H,20,21). The second-order valence-electron chi connectivity index (χ2n) is 6.70. The van der Waals surface area contributed by atoms with Gasteiger partial charge in [0, 0.05) is 6.54 Å². The molecule has 1 aliphatic heterocycles. The van der Waals surface area contributed by atoms with Crippen LogP contribution in [0.5, 0.6) is 0 Å². The number of carbonyl (C=O) groups is 1. The van der Waals surface area contributed by atoms with Gasteiger partial charge in [-0.15, -0.1) is 0 Å². The minimum atomic E-state index is -0.476. The maximum absolute atomic E-state index is 12.5. The van der Waals surface area contributed by atoms with E-state index in [0.717, 1.165) is 31.6 Å². The van der Waals surface area contributed by atoms with Gasteiger partial charge in [-0.3, -0.25) is 4.79 Å². The summed E-state index contributed by atoms with van der Waals surface area (Å²) in [5.41, 5.74) is 1.81. The summed E-state index contributed by atoms with van der Waals surface area (Å²) in [6.07, 6.45) is 3.61. The Kier molecular flexibility index (Phi) is 5.40. The molecule has 3 heteroatoms. The van der Waals surface area contributed by atoms with E-state index in [2.05, 4.69) is 29.7 Å². The molecule has 0 aromatic heterocycles. The largest absolute Gasteiger partial charge is 0.355 e. The molecule has 1 heterocycles. The Morgan fingerprint density at radius 1 is 1.38 bits per heavy atom. The maximum Gasteiger partial charge on any atom is 0.230 e. The molecule has 0 saturated carbocycles. The highest BCUT2D eigenvalue weighted by Crippen LogP contribution is 2.26. The minimum Gasteiger partial charge on any atom is -0.355 e. The lowest BCUT2D eigenvalue weighted by molar-refractivity contribution is -0.125. The average Bonchev–Trinajstić information content (AvgIpc) is 2.48. The molecule has 1 aliphatic rings. The van der Waals surface area contributed by atoms with Gasteiger partial charge < -0.3 is 10.6 Å². The number of aryl methyl sites for hydroxylation is 1. The molecule has 1 saturated heterocycles. The summed E-state index contributed by atoms with van der Waals surface area (Å²) in [4.78, 5) is 12.5. The van der Waals surface area contributed by atoms with Gasteiger partial charge in [-0.1, -0.05) is 24.3 Å². The van der Waals surface area contributed by atoms with Crippen LogP contribution in [0, 0.1) is 12.8 Å². The Morgan fingerprint density at radius 2 is 2.14 bits per heavy atom. The molecule has 2 N–H and O–H groups in total. The van der Waals surface area contributed by atoms with E-state index in [9.17, 15) is 4.79 Å². The molecule has 1 aromatic carbocycles. The SMILES string of the molecule is Cc1ccccc1C(C)(C)C(=O)NCCC1CCCNC1. The van der Waals surface area contributed by atoms with E-state index in [1.807, 2.05) is 26.0 Å². The number of hydrogen-bond acceptors (Lipinski definition) is 2. The molecular formula is C18H28N2O. The van der Waals surface area contributed by atoms with Crippen LogP contribution < -0.4 is 10.6 Å². The van der Waals surface area contributed by atoms with E-state index in [-0.39, 0.29) is 5.91 Å². The van der Waals surface area contributed by atoms with Gasteiger partial charge in [0.1, 0.15) is 0 Å². The molecule has 21 heavy (non-hydrogen) atoms. The summed E-state index contributed by atoms with van der Waals surface area (Å²) in [5.74, 6) is 0.834. The normalized spacial score (nSPS) is 19.3. The van der Waals surface area contributed by atoms with E-state index in [4.69, 9.17) is 0 Å². The van der Waals surface area contributed by atoms with E-state index < -0.39 is 5.41 Å². The molecule has 1 amide bonds. The zero-order valence-corrected chi connectivity index (χ0v) is 13.5. The Balaban J connectivity index is 1.88. The van der Waals surface area contributed by atoms with Gasteiger partial charge in [0.15, 0.2) is 0 Å². The summed E-state index contributed by atoms with van der Waals surface area (Å²) >= 11 is 0. The number of nitrogens with one attached hydrogen (secondary N) is 2. The van der Waals surface area contributed by atoms with Gasteiger partial charge in [-0.25, -0.2) is 0 Å². The topological polar surface area (TPSA) is 41.1 Å². The molecule has 2 rings (SSSR count). The summed E-state index contributed by atoms with van der Waals surface area (Å²) in [7, 11) is 0. The number of hydrogen-bond donors (Lipinski definition) is 2. The molecule has 1 atom stereocenters. The quantitative estimate of drug-likeness (QED) is 0.875. The number of carbonyl (C=O) groups excluding carboxylic acids is 1. The van der Waals surface area contributed by atoms with Crippen LogP contribution in [0.1, 0.15) is 44.2 Å². The predicted molar refractivity (Wildman–Crippen MR) is 87.4 cm³/mol. The van der Waals surface area contributed by atoms with Crippen LogP contribution in [0.25, 0.3) is 0 Å². The number of piperidine rings is 1. The highest BCUT2D eigenvalue weighted by molar-refractivity contribution is 5.87. The van der Waals surface area contributed by atoms with Gasteiger partial charge in [-0.05, 0) is 70.2 Å². The lowest BCUT2D eigenvalue weighted by Gasteiger charge is -2.27. The van der Waals surface area contributed by atoms with Crippen LogP contribution in [0.2, 0.25) is 0 Å². The van der Waals surface area contributed by atoms with Gasteiger partial charge in [0.25, 0.3) is 0 Å². The van der Waals surface area contributed by atoms with Crippen molar-refractivity contribution in [3.05, 3.63) is 35.4 Å². The molecule has 0 spiro atoms. The number of amides is 1.